The van der Waals surface area contributed by atoms with E-state index in [-0.39, 0.29) is 5.91 Å². The summed E-state index contributed by atoms with van der Waals surface area (Å²) in [5, 5.41) is 3.24. The molecule has 2 saturated carbocycles. The van der Waals surface area contributed by atoms with Crippen LogP contribution in [0.4, 0.5) is 0 Å². The van der Waals surface area contributed by atoms with Crippen molar-refractivity contribution in [3.05, 3.63) is 23.8 Å². The van der Waals surface area contributed by atoms with Gasteiger partial charge in [-0.1, -0.05) is 0 Å². The molecule has 114 valence electrons. The largest absolute Gasteiger partial charge is 0.497 e. The average molecular weight is 289 g/mol. The maximum Gasteiger partial charge on any atom is 0.224 e. The van der Waals surface area contributed by atoms with Crippen molar-refractivity contribution in [3.63, 3.8) is 0 Å². The van der Waals surface area contributed by atoms with Gasteiger partial charge < -0.3 is 14.8 Å². The molecule has 3 rings (SSSR count). The van der Waals surface area contributed by atoms with Gasteiger partial charge in [-0.05, 0) is 55.7 Å². The molecule has 21 heavy (non-hydrogen) atoms. The molecule has 0 spiro atoms. The van der Waals surface area contributed by atoms with Gasteiger partial charge in [-0.15, -0.1) is 0 Å². The van der Waals surface area contributed by atoms with Crippen molar-refractivity contribution in [1.29, 1.82) is 0 Å². The molecule has 4 nitrogen and oxygen atoms in total. The first kappa shape index (κ1) is 14.2. The third-order valence-corrected chi connectivity index (χ3v) is 4.43. The molecule has 4 heteroatoms. The highest BCUT2D eigenvalue weighted by atomic mass is 16.5. The Labute approximate surface area is 125 Å². The van der Waals surface area contributed by atoms with E-state index in [0.717, 1.165) is 17.1 Å². The summed E-state index contributed by atoms with van der Waals surface area (Å²) in [6, 6.07) is 5.97. The fourth-order valence-electron chi connectivity index (χ4n) is 2.96. The van der Waals surface area contributed by atoms with Crippen molar-refractivity contribution in [1.82, 2.24) is 5.32 Å². The predicted octanol–water partition coefficient (Wildman–Crippen LogP) is 2.55. The molecule has 2 aliphatic carbocycles. The van der Waals surface area contributed by atoms with Crippen LogP contribution in [-0.2, 0) is 11.2 Å². The van der Waals surface area contributed by atoms with Gasteiger partial charge in [-0.2, -0.15) is 0 Å². The van der Waals surface area contributed by atoms with E-state index in [1.54, 1.807) is 14.2 Å². The van der Waals surface area contributed by atoms with E-state index >= 15 is 0 Å². The fraction of sp³-hybridized carbons (Fsp3) is 0.588. The zero-order chi connectivity index (χ0) is 14.8. The third-order valence-electron chi connectivity index (χ3n) is 4.43. The minimum Gasteiger partial charge on any atom is -0.497 e. The molecule has 0 saturated heterocycles. The van der Waals surface area contributed by atoms with Crippen LogP contribution in [0.3, 0.4) is 0 Å². The number of carbonyl (C=O) groups excluding carboxylic acids is 1. The van der Waals surface area contributed by atoms with Crippen molar-refractivity contribution >= 4 is 5.91 Å². The minimum absolute atomic E-state index is 0.0883. The van der Waals surface area contributed by atoms with Crippen molar-refractivity contribution in [3.8, 4) is 11.5 Å². The Kier molecular flexibility index (Phi) is 4.04. The quantitative estimate of drug-likeness (QED) is 0.839. The molecule has 0 aliphatic heterocycles. The maximum absolute atomic E-state index is 12.3. The molecule has 1 N–H and O–H groups in total. The summed E-state index contributed by atoms with van der Waals surface area (Å²) in [4.78, 5) is 12.3. The van der Waals surface area contributed by atoms with Gasteiger partial charge in [0.25, 0.3) is 0 Å². The highest BCUT2D eigenvalue weighted by Gasteiger charge is 2.42. The van der Waals surface area contributed by atoms with Gasteiger partial charge in [-0.3, -0.25) is 4.79 Å². The number of hydrogen-bond acceptors (Lipinski definition) is 3. The van der Waals surface area contributed by atoms with Gasteiger partial charge in [0.2, 0.25) is 5.91 Å². The molecule has 2 aliphatic rings. The van der Waals surface area contributed by atoms with Crippen molar-refractivity contribution < 1.29 is 14.3 Å². The summed E-state index contributed by atoms with van der Waals surface area (Å²) in [6.45, 7) is 0. The molecule has 0 aromatic heterocycles. The topological polar surface area (TPSA) is 47.6 Å². The lowest BCUT2D eigenvalue weighted by Gasteiger charge is -2.18. The van der Waals surface area contributed by atoms with Gasteiger partial charge in [0, 0.05) is 11.6 Å². The van der Waals surface area contributed by atoms with E-state index in [2.05, 4.69) is 5.32 Å². The maximum atomic E-state index is 12.3. The Morgan fingerprint density at radius 1 is 1.19 bits per heavy atom. The number of hydrogen-bond donors (Lipinski definition) is 1. The standard InChI is InChI=1S/C17H23NO3/c1-20-14-7-8-15(21-2)13(9-14)10-16(19)18-17(11-3-4-11)12-5-6-12/h7-9,11-12,17H,3-6,10H2,1-2H3,(H,18,19). The SMILES string of the molecule is COc1ccc(OC)c(CC(=O)NC(C2CC2)C2CC2)c1. The summed E-state index contributed by atoms with van der Waals surface area (Å²) < 4.78 is 10.6. The average Bonchev–Trinajstić information content (AvgIpc) is 3.38. The van der Waals surface area contributed by atoms with E-state index in [1.165, 1.54) is 25.7 Å². The lowest BCUT2D eigenvalue weighted by Crippen LogP contribution is -2.39. The normalized spacial score (nSPS) is 17.7. The smallest absolute Gasteiger partial charge is 0.224 e. The van der Waals surface area contributed by atoms with Gasteiger partial charge >= 0.3 is 0 Å². The molecule has 1 amide bonds. The third kappa shape index (κ3) is 3.49. The highest BCUT2D eigenvalue weighted by molar-refractivity contribution is 5.80. The van der Waals surface area contributed by atoms with Crippen LogP contribution < -0.4 is 14.8 Å². The number of amides is 1. The molecule has 0 bridgehead atoms. The number of ether oxygens (including phenoxy) is 2. The van der Waals surface area contributed by atoms with Crippen LogP contribution in [0.15, 0.2) is 18.2 Å². The van der Waals surface area contributed by atoms with Gasteiger partial charge in [0.15, 0.2) is 0 Å². The van der Waals surface area contributed by atoms with Crippen LogP contribution in [-0.4, -0.2) is 26.2 Å². The zero-order valence-corrected chi connectivity index (χ0v) is 12.7. The minimum atomic E-state index is 0.0883. The molecule has 1 aromatic carbocycles. The zero-order valence-electron chi connectivity index (χ0n) is 12.7. The van der Waals surface area contributed by atoms with Gasteiger partial charge in [0.05, 0.1) is 20.6 Å². The molecule has 1 aromatic rings. The van der Waals surface area contributed by atoms with Crippen LogP contribution in [0, 0.1) is 11.8 Å². The van der Waals surface area contributed by atoms with Gasteiger partial charge in [0.1, 0.15) is 11.5 Å². The number of benzene rings is 1. The Bertz CT molecular complexity index is 509. The molecule has 0 heterocycles. The molecule has 0 radical (unpaired) electrons. The summed E-state index contributed by atoms with van der Waals surface area (Å²) in [5.74, 6) is 3.01. The lowest BCUT2D eigenvalue weighted by atomic mass is 10.1. The Hall–Kier alpha value is -1.71. The molecule has 0 unspecified atom stereocenters. The van der Waals surface area contributed by atoms with Crippen molar-refractivity contribution in [2.45, 2.75) is 38.1 Å². The van der Waals surface area contributed by atoms with Crippen LogP contribution >= 0.6 is 0 Å². The Balaban J connectivity index is 1.65. The molecule has 2 fully saturated rings. The van der Waals surface area contributed by atoms with Crippen LogP contribution in [0.1, 0.15) is 31.2 Å². The van der Waals surface area contributed by atoms with E-state index < -0.39 is 0 Å². The second-order valence-corrected chi connectivity index (χ2v) is 6.12. The predicted molar refractivity (Wildman–Crippen MR) is 80.6 cm³/mol. The lowest BCUT2D eigenvalue weighted by molar-refractivity contribution is -0.121. The van der Waals surface area contributed by atoms with E-state index in [1.807, 2.05) is 18.2 Å². The van der Waals surface area contributed by atoms with E-state index in [4.69, 9.17) is 9.47 Å². The van der Waals surface area contributed by atoms with Gasteiger partial charge in [-0.25, -0.2) is 0 Å². The monoisotopic (exact) mass is 289 g/mol. The second-order valence-electron chi connectivity index (χ2n) is 6.12. The van der Waals surface area contributed by atoms with E-state index in [9.17, 15) is 4.79 Å². The second kappa shape index (κ2) is 5.96. The van der Waals surface area contributed by atoms with E-state index in [0.29, 0.717) is 24.3 Å². The molecule has 0 atom stereocenters. The first-order valence-corrected chi connectivity index (χ1v) is 7.71. The van der Waals surface area contributed by atoms with Crippen molar-refractivity contribution in [2.24, 2.45) is 11.8 Å². The first-order valence-electron chi connectivity index (χ1n) is 7.71. The first-order chi connectivity index (χ1) is 10.2. The molecular weight excluding hydrogens is 266 g/mol. The summed E-state index contributed by atoms with van der Waals surface area (Å²) in [5.41, 5.74) is 0.875. The Morgan fingerprint density at radius 2 is 1.86 bits per heavy atom. The fourth-order valence-corrected chi connectivity index (χ4v) is 2.96. The van der Waals surface area contributed by atoms with Crippen LogP contribution in [0.5, 0.6) is 11.5 Å². The Morgan fingerprint density at radius 3 is 2.38 bits per heavy atom. The molecular formula is C17H23NO3. The van der Waals surface area contributed by atoms with Crippen LogP contribution in [0.25, 0.3) is 0 Å². The number of nitrogens with one attached hydrogen (secondary N) is 1. The number of carbonyl (C=O) groups is 1. The summed E-state index contributed by atoms with van der Waals surface area (Å²) in [7, 11) is 3.25. The summed E-state index contributed by atoms with van der Waals surface area (Å²) >= 11 is 0. The summed E-state index contributed by atoms with van der Waals surface area (Å²) in [6.07, 6.45) is 5.41. The number of rotatable bonds is 7. The highest BCUT2D eigenvalue weighted by Crippen LogP contribution is 2.44. The number of methoxy groups -OCH3 is 2. The van der Waals surface area contributed by atoms with Crippen molar-refractivity contribution in [2.75, 3.05) is 14.2 Å². The van der Waals surface area contributed by atoms with Crippen LogP contribution in [0.2, 0.25) is 0 Å².